The van der Waals surface area contributed by atoms with Gasteiger partial charge in [-0.25, -0.2) is 16.8 Å². The van der Waals surface area contributed by atoms with Gasteiger partial charge in [-0.1, -0.05) is 0 Å². The van der Waals surface area contributed by atoms with Crippen molar-refractivity contribution in [1.29, 1.82) is 0 Å². The van der Waals surface area contributed by atoms with Crippen LogP contribution in [0.15, 0.2) is 0 Å². The number of sulfone groups is 2. The molecule has 1 saturated heterocycles. The summed E-state index contributed by atoms with van der Waals surface area (Å²) in [5, 5.41) is 0. The maximum absolute atomic E-state index is 11.4. The van der Waals surface area contributed by atoms with Crippen LogP contribution in [0.4, 0.5) is 0 Å². The molecule has 0 aliphatic carbocycles. The van der Waals surface area contributed by atoms with E-state index in [1.807, 2.05) is 0 Å². The third-order valence-electron chi connectivity index (χ3n) is 3.12. The highest BCUT2D eigenvalue weighted by Gasteiger charge is 2.40. The van der Waals surface area contributed by atoms with Crippen LogP contribution in [-0.4, -0.2) is 46.9 Å². The molecule has 0 spiro atoms. The van der Waals surface area contributed by atoms with E-state index >= 15 is 0 Å². The standard InChI is InChI=1S/C9H19NO4S2/c1-15(11,12)5-2-3-9(7-10)4-6-16(13,14)8-9/h2-8,10H2,1H3. The minimum atomic E-state index is -2.97. The lowest BCUT2D eigenvalue weighted by Crippen LogP contribution is -2.32. The third-order valence-corrected chi connectivity index (χ3v) is 6.03. The van der Waals surface area contributed by atoms with E-state index < -0.39 is 19.7 Å². The highest BCUT2D eigenvalue weighted by Crippen LogP contribution is 2.35. The maximum atomic E-state index is 11.4. The fourth-order valence-corrected chi connectivity index (χ4v) is 5.05. The van der Waals surface area contributed by atoms with E-state index in [9.17, 15) is 16.8 Å². The van der Waals surface area contributed by atoms with Crippen molar-refractivity contribution < 1.29 is 16.8 Å². The van der Waals surface area contributed by atoms with Gasteiger partial charge in [-0.05, 0) is 31.2 Å². The van der Waals surface area contributed by atoms with Crippen molar-refractivity contribution in [2.45, 2.75) is 19.3 Å². The van der Waals surface area contributed by atoms with Gasteiger partial charge in [0.2, 0.25) is 0 Å². The van der Waals surface area contributed by atoms with Crippen LogP contribution in [0.2, 0.25) is 0 Å². The third kappa shape index (κ3) is 4.03. The van der Waals surface area contributed by atoms with Gasteiger partial charge in [-0.3, -0.25) is 0 Å². The molecule has 2 N–H and O–H groups in total. The summed E-state index contributed by atoms with van der Waals surface area (Å²) in [5.41, 5.74) is 5.24. The molecule has 16 heavy (non-hydrogen) atoms. The molecule has 0 aromatic heterocycles. The van der Waals surface area contributed by atoms with Gasteiger partial charge in [0.15, 0.2) is 9.84 Å². The molecule has 96 valence electrons. The summed E-state index contributed by atoms with van der Waals surface area (Å²) >= 11 is 0. The first-order valence-electron chi connectivity index (χ1n) is 5.26. The molecule has 0 bridgehead atoms. The molecule has 5 nitrogen and oxygen atoms in total. The molecule has 1 fully saturated rings. The Hall–Kier alpha value is -0.140. The van der Waals surface area contributed by atoms with Crippen LogP contribution in [0.25, 0.3) is 0 Å². The predicted octanol–water partition coefficient (Wildman–Crippen LogP) is -0.425. The number of rotatable bonds is 5. The minimum Gasteiger partial charge on any atom is -0.330 e. The van der Waals surface area contributed by atoms with E-state index in [4.69, 9.17) is 5.73 Å². The molecular formula is C9H19NO4S2. The summed E-state index contributed by atoms with van der Waals surface area (Å²) in [6.07, 6.45) is 2.82. The summed E-state index contributed by atoms with van der Waals surface area (Å²) < 4.78 is 44.7. The highest BCUT2D eigenvalue weighted by atomic mass is 32.2. The zero-order valence-electron chi connectivity index (χ0n) is 9.48. The van der Waals surface area contributed by atoms with Gasteiger partial charge in [0, 0.05) is 12.0 Å². The maximum Gasteiger partial charge on any atom is 0.150 e. The number of hydrogen-bond donors (Lipinski definition) is 1. The summed E-state index contributed by atoms with van der Waals surface area (Å²) in [4.78, 5) is 0. The van der Waals surface area contributed by atoms with Gasteiger partial charge in [0.25, 0.3) is 0 Å². The smallest absolute Gasteiger partial charge is 0.150 e. The molecule has 0 saturated carbocycles. The Bertz CT molecular complexity index is 440. The van der Waals surface area contributed by atoms with E-state index in [-0.39, 0.29) is 22.7 Å². The molecule has 1 rings (SSSR count). The first kappa shape index (κ1) is 13.9. The minimum absolute atomic E-state index is 0.106. The van der Waals surface area contributed by atoms with Gasteiger partial charge < -0.3 is 5.73 Å². The second-order valence-corrected chi connectivity index (χ2v) is 9.22. The molecule has 0 amide bonds. The van der Waals surface area contributed by atoms with E-state index in [2.05, 4.69) is 0 Å². The topological polar surface area (TPSA) is 94.3 Å². The Morgan fingerprint density at radius 2 is 2.00 bits per heavy atom. The summed E-state index contributed by atoms with van der Waals surface area (Å²) in [6, 6.07) is 0. The number of hydrogen-bond acceptors (Lipinski definition) is 5. The van der Waals surface area contributed by atoms with Crippen molar-refractivity contribution in [2.75, 3.05) is 30.1 Å². The van der Waals surface area contributed by atoms with Gasteiger partial charge in [-0.2, -0.15) is 0 Å². The first-order valence-corrected chi connectivity index (χ1v) is 9.15. The van der Waals surface area contributed by atoms with Crippen molar-refractivity contribution >= 4 is 19.7 Å². The van der Waals surface area contributed by atoms with Crippen LogP contribution in [-0.2, 0) is 19.7 Å². The van der Waals surface area contributed by atoms with Crippen molar-refractivity contribution in [2.24, 2.45) is 11.1 Å². The van der Waals surface area contributed by atoms with Crippen LogP contribution in [0, 0.1) is 5.41 Å². The van der Waals surface area contributed by atoms with Crippen molar-refractivity contribution in [3.8, 4) is 0 Å². The monoisotopic (exact) mass is 269 g/mol. The lowest BCUT2D eigenvalue weighted by atomic mass is 9.83. The Labute approximate surface area is 97.2 Å². The Balaban J connectivity index is 2.57. The predicted molar refractivity (Wildman–Crippen MR) is 63.7 cm³/mol. The Morgan fingerprint density at radius 1 is 1.38 bits per heavy atom. The lowest BCUT2D eigenvalue weighted by molar-refractivity contribution is 0.315. The fraction of sp³-hybridized carbons (Fsp3) is 1.00. The average Bonchev–Trinajstić information content (AvgIpc) is 2.41. The molecule has 0 aromatic carbocycles. The van der Waals surface area contributed by atoms with Crippen molar-refractivity contribution in [1.82, 2.24) is 0 Å². The van der Waals surface area contributed by atoms with Crippen LogP contribution in [0.1, 0.15) is 19.3 Å². The van der Waals surface area contributed by atoms with Crippen molar-refractivity contribution in [3.05, 3.63) is 0 Å². The Kier molecular flexibility index (Phi) is 4.02. The SMILES string of the molecule is CS(=O)(=O)CCCC1(CN)CCS(=O)(=O)C1. The molecule has 1 aliphatic heterocycles. The quantitative estimate of drug-likeness (QED) is 0.731. The zero-order chi connectivity index (χ0) is 12.4. The highest BCUT2D eigenvalue weighted by molar-refractivity contribution is 7.91. The van der Waals surface area contributed by atoms with Crippen molar-refractivity contribution in [3.63, 3.8) is 0 Å². The molecule has 1 unspecified atom stereocenters. The van der Waals surface area contributed by atoms with Gasteiger partial charge in [0.1, 0.15) is 9.84 Å². The second-order valence-electron chi connectivity index (χ2n) is 4.78. The molecular weight excluding hydrogens is 250 g/mol. The van der Waals surface area contributed by atoms with E-state index in [1.54, 1.807) is 0 Å². The zero-order valence-corrected chi connectivity index (χ0v) is 11.1. The normalized spacial score (nSPS) is 29.4. The largest absolute Gasteiger partial charge is 0.330 e. The lowest BCUT2D eigenvalue weighted by Gasteiger charge is -2.25. The average molecular weight is 269 g/mol. The van der Waals surface area contributed by atoms with Gasteiger partial charge in [-0.15, -0.1) is 0 Å². The van der Waals surface area contributed by atoms with Gasteiger partial charge in [0.05, 0.1) is 11.5 Å². The number of nitrogens with two attached hydrogens (primary N) is 1. The molecule has 1 atom stereocenters. The van der Waals surface area contributed by atoms with Crippen LogP contribution >= 0.6 is 0 Å². The molecule has 0 radical (unpaired) electrons. The van der Waals surface area contributed by atoms with Crippen LogP contribution in [0.5, 0.6) is 0 Å². The summed E-state index contributed by atoms with van der Waals surface area (Å²) in [7, 11) is -5.93. The first-order chi connectivity index (χ1) is 7.18. The van der Waals surface area contributed by atoms with Crippen LogP contribution < -0.4 is 5.73 Å². The summed E-state index contributed by atoms with van der Waals surface area (Å²) in [5.74, 6) is 0.401. The van der Waals surface area contributed by atoms with E-state index in [0.29, 0.717) is 25.8 Å². The molecule has 1 heterocycles. The van der Waals surface area contributed by atoms with E-state index in [0.717, 1.165) is 0 Å². The summed E-state index contributed by atoms with van der Waals surface area (Å²) in [6.45, 7) is 0.315. The molecule has 1 aliphatic rings. The van der Waals surface area contributed by atoms with Gasteiger partial charge >= 0.3 is 0 Å². The fourth-order valence-electron chi connectivity index (χ4n) is 2.15. The molecule has 7 heteroatoms. The Morgan fingerprint density at radius 3 is 2.38 bits per heavy atom. The van der Waals surface area contributed by atoms with Crippen LogP contribution in [0.3, 0.4) is 0 Å². The second kappa shape index (κ2) is 4.62. The molecule has 0 aromatic rings. The van der Waals surface area contributed by atoms with E-state index in [1.165, 1.54) is 6.26 Å².